The molecule has 0 atom stereocenters. The van der Waals surface area contributed by atoms with Gasteiger partial charge in [-0.15, -0.1) is 0 Å². The Balaban J connectivity index is 1.99. The monoisotopic (exact) mass is 387 g/mol. The third-order valence-corrected chi connectivity index (χ3v) is 4.82. The highest BCUT2D eigenvalue weighted by Gasteiger charge is 2.19. The number of nitrogen functional groups attached to an aromatic ring is 2. The fourth-order valence-electron chi connectivity index (χ4n) is 2.25. The molecule has 0 unspecified atom stereocenters. The quantitative estimate of drug-likeness (QED) is 0.430. The first-order valence-corrected chi connectivity index (χ1v) is 8.88. The summed E-state index contributed by atoms with van der Waals surface area (Å²) in [5.74, 6) is -0.113. The maximum absolute atomic E-state index is 12.6. The van der Waals surface area contributed by atoms with Gasteiger partial charge in [-0.2, -0.15) is 15.0 Å². The van der Waals surface area contributed by atoms with Crippen LogP contribution in [0.1, 0.15) is 0 Å². The number of nitrogens with zero attached hydrogens (tertiary/aromatic N) is 4. The summed E-state index contributed by atoms with van der Waals surface area (Å²) in [7, 11) is -4.01. The van der Waals surface area contributed by atoms with Gasteiger partial charge < -0.3 is 11.5 Å². The summed E-state index contributed by atoms with van der Waals surface area (Å²) in [6, 6.07) is 10.9. The van der Waals surface area contributed by atoms with Gasteiger partial charge in [0, 0.05) is 17.7 Å². The number of sulfonamides is 1. The van der Waals surface area contributed by atoms with Gasteiger partial charge in [0.05, 0.1) is 15.5 Å². The van der Waals surface area contributed by atoms with Crippen LogP contribution < -0.4 is 16.2 Å². The molecule has 0 bridgehead atoms. The fraction of sp³-hybridized carbons (Fsp3) is 0. The first-order valence-electron chi connectivity index (χ1n) is 7.40. The van der Waals surface area contributed by atoms with Crippen LogP contribution in [-0.2, 0) is 10.0 Å². The normalized spacial score (nSPS) is 11.1. The smallest absolute Gasteiger partial charge is 0.269 e. The van der Waals surface area contributed by atoms with E-state index in [9.17, 15) is 18.5 Å². The van der Waals surface area contributed by atoms with Gasteiger partial charge >= 0.3 is 0 Å². The van der Waals surface area contributed by atoms with Gasteiger partial charge in [0.15, 0.2) is 5.82 Å². The number of benzene rings is 2. The lowest BCUT2D eigenvalue weighted by Gasteiger charge is -2.12. The zero-order valence-corrected chi connectivity index (χ0v) is 14.4. The molecule has 11 nitrogen and oxygen atoms in total. The SMILES string of the molecule is Nc1nc(N)nc(-c2ccccc2NS(=O)(=O)c2ccc([N+](=O)[O-])cc2)n1. The van der Waals surface area contributed by atoms with Crippen LogP contribution in [0.4, 0.5) is 23.3 Å². The fourth-order valence-corrected chi connectivity index (χ4v) is 3.33. The largest absolute Gasteiger partial charge is 0.368 e. The predicted octanol–water partition coefficient (Wildman–Crippen LogP) is 1.41. The third-order valence-electron chi connectivity index (χ3n) is 3.44. The van der Waals surface area contributed by atoms with E-state index in [0.717, 1.165) is 24.3 Å². The molecule has 0 aliphatic carbocycles. The highest BCUT2D eigenvalue weighted by Crippen LogP contribution is 2.28. The molecule has 5 N–H and O–H groups in total. The lowest BCUT2D eigenvalue weighted by atomic mass is 10.2. The van der Waals surface area contributed by atoms with Crippen molar-refractivity contribution in [3.8, 4) is 11.4 Å². The maximum atomic E-state index is 12.6. The number of aromatic nitrogens is 3. The van der Waals surface area contributed by atoms with Crippen molar-refractivity contribution in [3.05, 3.63) is 58.6 Å². The second-order valence-electron chi connectivity index (χ2n) is 5.28. The lowest BCUT2D eigenvalue weighted by molar-refractivity contribution is -0.384. The van der Waals surface area contributed by atoms with Gasteiger partial charge in [0.25, 0.3) is 15.7 Å². The average Bonchev–Trinajstić information content (AvgIpc) is 2.61. The molecular formula is C15H13N7O4S. The third kappa shape index (κ3) is 3.90. The van der Waals surface area contributed by atoms with Crippen molar-refractivity contribution in [2.24, 2.45) is 0 Å². The minimum absolute atomic E-state index is 0.0991. The second-order valence-corrected chi connectivity index (χ2v) is 6.96. The molecule has 138 valence electrons. The van der Waals surface area contributed by atoms with Crippen LogP contribution >= 0.6 is 0 Å². The first kappa shape index (κ1) is 18.0. The van der Waals surface area contributed by atoms with Gasteiger partial charge in [-0.05, 0) is 24.3 Å². The molecule has 27 heavy (non-hydrogen) atoms. The van der Waals surface area contributed by atoms with Crippen LogP contribution in [0, 0.1) is 10.1 Å². The van der Waals surface area contributed by atoms with E-state index in [1.165, 1.54) is 6.07 Å². The van der Waals surface area contributed by atoms with Crippen molar-refractivity contribution in [1.82, 2.24) is 15.0 Å². The highest BCUT2D eigenvalue weighted by molar-refractivity contribution is 7.92. The van der Waals surface area contributed by atoms with Gasteiger partial charge in [-0.25, -0.2) is 8.42 Å². The van der Waals surface area contributed by atoms with E-state index < -0.39 is 14.9 Å². The number of nitro groups is 1. The molecule has 0 spiro atoms. The molecule has 0 saturated heterocycles. The Bertz CT molecular complexity index is 1100. The van der Waals surface area contributed by atoms with Crippen LogP contribution in [0.15, 0.2) is 53.4 Å². The molecule has 1 heterocycles. The van der Waals surface area contributed by atoms with Gasteiger partial charge in [0.2, 0.25) is 11.9 Å². The number of hydrogen-bond acceptors (Lipinski definition) is 9. The Morgan fingerprint density at radius 3 is 2.11 bits per heavy atom. The Labute approximate surface area is 153 Å². The van der Waals surface area contributed by atoms with E-state index in [1.54, 1.807) is 18.2 Å². The molecule has 0 saturated carbocycles. The standard InChI is InChI=1S/C15H13N7O4S/c16-14-18-13(19-15(17)20-14)11-3-1-2-4-12(11)21-27(25,26)10-7-5-9(6-8-10)22(23)24/h1-8,21H,(H4,16,17,18,19,20). The van der Waals surface area contributed by atoms with E-state index in [2.05, 4.69) is 19.7 Å². The van der Waals surface area contributed by atoms with Gasteiger partial charge in [-0.1, -0.05) is 12.1 Å². The zero-order valence-electron chi connectivity index (χ0n) is 13.6. The van der Waals surface area contributed by atoms with Crippen molar-refractivity contribution < 1.29 is 13.3 Å². The summed E-state index contributed by atoms with van der Waals surface area (Å²) >= 11 is 0. The number of nitrogens with two attached hydrogens (primary N) is 2. The van der Waals surface area contributed by atoms with Crippen molar-refractivity contribution >= 4 is 33.3 Å². The molecule has 0 fully saturated rings. The van der Waals surface area contributed by atoms with E-state index in [-0.39, 0.29) is 34.0 Å². The molecular weight excluding hydrogens is 374 g/mol. The maximum Gasteiger partial charge on any atom is 0.269 e. The van der Waals surface area contributed by atoms with E-state index in [0.29, 0.717) is 5.56 Å². The first-order chi connectivity index (χ1) is 12.8. The van der Waals surface area contributed by atoms with Gasteiger partial charge in [0.1, 0.15) is 0 Å². The molecule has 0 aliphatic heterocycles. The van der Waals surface area contributed by atoms with E-state index >= 15 is 0 Å². The van der Waals surface area contributed by atoms with Crippen molar-refractivity contribution in [1.29, 1.82) is 0 Å². The second kappa shape index (κ2) is 6.84. The summed E-state index contributed by atoms with van der Waals surface area (Å²) in [5.41, 5.74) is 11.4. The van der Waals surface area contributed by atoms with Crippen LogP contribution in [0.2, 0.25) is 0 Å². The van der Waals surface area contributed by atoms with Crippen LogP contribution in [0.5, 0.6) is 0 Å². The molecule has 3 rings (SSSR count). The van der Waals surface area contributed by atoms with Crippen molar-refractivity contribution in [3.63, 3.8) is 0 Å². The lowest BCUT2D eigenvalue weighted by Crippen LogP contribution is -2.14. The summed E-state index contributed by atoms with van der Waals surface area (Å²) in [6.45, 7) is 0. The number of rotatable bonds is 5. The number of nitrogens with one attached hydrogen (secondary N) is 1. The molecule has 0 aliphatic rings. The minimum atomic E-state index is -4.01. The average molecular weight is 387 g/mol. The summed E-state index contributed by atoms with van der Waals surface area (Å²) < 4.78 is 27.6. The predicted molar refractivity (Wildman–Crippen MR) is 98.0 cm³/mol. The number of non-ortho nitro benzene ring substituents is 1. The summed E-state index contributed by atoms with van der Waals surface area (Å²) in [6.07, 6.45) is 0. The Hall–Kier alpha value is -3.80. The Morgan fingerprint density at radius 2 is 1.52 bits per heavy atom. The summed E-state index contributed by atoms with van der Waals surface area (Å²) in [5, 5.41) is 10.7. The molecule has 12 heteroatoms. The van der Waals surface area contributed by atoms with Crippen LogP contribution in [-0.4, -0.2) is 28.3 Å². The molecule has 0 radical (unpaired) electrons. The highest BCUT2D eigenvalue weighted by atomic mass is 32.2. The van der Waals surface area contributed by atoms with Crippen molar-refractivity contribution in [2.75, 3.05) is 16.2 Å². The van der Waals surface area contributed by atoms with Gasteiger partial charge in [-0.3, -0.25) is 14.8 Å². The van der Waals surface area contributed by atoms with E-state index in [4.69, 9.17) is 11.5 Å². The molecule has 0 amide bonds. The van der Waals surface area contributed by atoms with Crippen LogP contribution in [0.25, 0.3) is 11.4 Å². The van der Waals surface area contributed by atoms with Crippen LogP contribution in [0.3, 0.4) is 0 Å². The molecule has 2 aromatic carbocycles. The number of para-hydroxylation sites is 1. The Kier molecular flexibility index (Phi) is 4.56. The minimum Gasteiger partial charge on any atom is -0.368 e. The molecule has 1 aromatic heterocycles. The zero-order chi connectivity index (χ0) is 19.6. The topological polar surface area (TPSA) is 180 Å². The van der Waals surface area contributed by atoms with E-state index in [1.807, 2.05) is 0 Å². The summed E-state index contributed by atoms with van der Waals surface area (Å²) in [4.78, 5) is 21.6. The molecule has 3 aromatic rings. The van der Waals surface area contributed by atoms with Crippen molar-refractivity contribution in [2.45, 2.75) is 4.90 Å². The number of nitro benzene ring substituents is 1. The Morgan fingerprint density at radius 1 is 0.926 bits per heavy atom. The number of anilines is 3. The number of hydrogen-bond donors (Lipinski definition) is 3.